The SMILES string of the molecule is C#Cc1cccc(NC(=O)CNC(=NC)NCc2ccc(C)cc2OCCCOC)c1.I. The van der Waals surface area contributed by atoms with Crippen molar-refractivity contribution in [2.45, 2.75) is 19.9 Å². The van der Waals surface area contributed by atoms with E-state index in [0.29, 0.717) is 37.0 Å². The van der Waals surface area contributed by atoms with Crippen molar-refractivity contribution in [3.63, 3.8) is 0 Å². The fourth-order valence-electron chi connectivity index (χ4n) is 2.78. The van der Waals surface area contributed by atoms with Crippen molar-refractivity contribution in [3.8, 4) is 18.1 Å². The molecule has 8 heteroatoms. The summed E-state index contributed by atoms with van der Waals surface area (Å²) >= 11 is 0. The molecular weight excluding hydrogens is 519 g/mol. The minimum absolute atomic E-state index is 0. The minimum atomic E-state index is -0.199. The van der Waals surface area contributed by atoms with Gasteiger partial charge in [-0.05, 0) is 36.8 Å². The number of aliphatic imine (C=N–C) groups is 1. The van der Waals surface area contributed by atoms with Gasteiger partial charge in [-0.2, -0.15) is 0 Å². The van der Waals surface area contributed by atoms with Crippen LogP contribution in [0.15, 0.2) is 47.5 Å². The molecule has 0 aromatic heterocycles. The maximum absolute atomic E-state index is 12.2. The quantitative estimate of drug-likeness (QED) is 0.139. The second-order valence-electron chi connectivity index (χ2n) is 6.86. The van der Waals surface area contributed by atoms with Crippen molar-refractivity contribution in [2.75, 3.05) is 39.2 Å². The molecule has 2 rings (SSSR count). The maximum atomic E-state index is 12.2. The van der Waals surface area contributed by atoms with Crippen LogP contribution in [0.5, 0.6) is 5.75 Å². The fourth-order valence-corrected chi connectivity index (χ4v) is 2.78. The highest BCUT2D eigenvalue weighted by Crippen LogP contribution is 2.20. The molecule has 3 N–H and O–H groups in total. The van der Waals surface area contributed by atoms with E-state index in [1.54, 1.807) is 38.4 Å². The molecule has 172 valence electrons. The Morgan fingerprint density at radius 2 is 1.97 bits per heavy atom. The van der Waals surface area contributed by atoms with E-state index in [1.807, 2.05) is 25.1 Å². The molecule has 0 atom stereocenters. The van der Waals surface area contributed by atoms with Crippen LogP contribution in [-0.4, -0.2) is 45.8 Å². The van der Waals surface area contributed by atoms with E-state index in [4.69, 9.17) is 15.9 Å². The third-order valence-electron chi connectivity index (χ3n) is 4.37. The summed E-state index contributed by atoms with van der Waals surface area (Å²) < 4.78 is 11.0. The summed E-state index contributed by atoms with van der Waals surface area (Å²) in [6.45, 7) is 3.83. The Bertz CT molecular complexity index is 941. The predicted molar refractivity (Wildman–Crippen MR) is 140 cm³/mol. The topological polar surface area (TPSA) is 84.0 Å². The molecule has 1 amide bonds. The van der Waals surface area contributed by atoms with Crippen LogP contribution in [-0.2, 0) is 16.1 Å². The molecule has 0 aliphatic carbocycles. The number of hydrogen-bond acceptors (Lipinski definition) is 4. The normalized spacial score (nSPS) is 10.5. The lowest BCUT2D eigenvalue weighted by atomic mass is 10.1. The summed E-state index contributed by atoms with van der Waals surface area (Å²) in [6.07, 6.45) is 6.21. The Kier molecular flexibility index (Phi) is 12.9. The Morgan fingerprint density at radius 1 is 1.16 bits per heavy atom. The number of rotatable bonds is 10. The highest BCUT2D eigenvalue weighted by molar-refractivity contribution is 14.0. The van der Waals surface area contributed by atoms with E-state index in [0.717, 1.165) is 23.3 Å². The lowest BCUT2D eigenvalue weighted by molar-refractivity contribution is -0.115. The summed E-state index contributed by atoms with van der Waals surface area (Å²) in [5, 5.41) is 9.03. The molecule has 0 spiro atoms. The molecule has 0 fully saturated rings. The molecule has 2 aromatic rings. The number of benzene rings is 2. The zero-order valence-electron chi connectivity index (χ0n) is 18.7. The Balaban J connectivity index is 0.00000512. The zero-order valence-corrected chi connectivity index (χ0v) is 21.1. The van der Waals surface area contributed by atoms with Crippen LogP contribution in [0.2, 0.25) is 0 Å². The zero-order chi connectivity index (χ0) is 22.5. The predicted octanol–water partition coefficient (Wildman–Crippen LogP) is 3.31. The summed E-state index contributed by atoms with van der Waals surface area (Å²) in [5.74, 6) is 3.68. The van der Waals surface area contributed by atoms with Gasteiger partial charge in [0, 0.05) is 50.5 Å². The number of amides is 1. The molecular formula is C24H31IN4O3. The Hall–Kier alpha value is -2.77. The van der Waals surface area contributed by atoms with E-state index in [-0.39, 0.29) is 36.4 Å². The average molecular weight is 550 g/mol. The third kappa shape index (κ3) is 9.58. The smallest absolute Gasteiger partial charge is 0.243 e. The van der Waals surface area contributed by atoms with Crippen LogP contribution >= 0.6 is 24.0 Å². The van der Waals surface area contributed by atoms with Gasteiger partial charge in [0.1, 0.15) is 5.75 Å². The first-order valence-corrected chi connectivity index (χ1v) is 10.1. The van der Waals surface area contributed by atoms with Crippen LogP contribution in [0.1, 0.15) is 23.1 Å². The van der Waals surface area contributed by atoms with E-state index in [9.17, 15) is 4.79 Å². The Labute approximate surface area is 207 Å². The number of ether oxygens (including phenoxy) is 2. The molecule has 0 aliphatic heterocycles. The average Bonchev–Trinajstić information content (AvgIpc) is 2.78. The number of halogens is 1. The molecule has 7 nitrogen and oxygen atoms in total. The number of aryl methyl sites for hydroxylation is 1. The van der Waals surface area contributed by atoms with Crippen molar-refractivity contribution in [1.29, 1.82) is 0 Å². The lowest BCUT2D eigenvalue weighted by Crippen LogP contribution is -2.41. The van der Waals surface area contributed by atoms with Gasteiger partial charge in [0.2, 0.25) is 5.91 Å². The highest BCUT2D eigenvalue weighted by atomic mass is 127. The van der Waals surface area contributed by atoms with Gasteiger partial charge in [0.05, 0.1) is 13.2 Å². The van der Waals surface area contributed by atoms with Gasteiger partial charge in [-0.3, -0.25) is 9.79 Å². The number of carbonyl (C=O) groups excluding carboxylic acids is 1. The van der Waals surface area contributed by atoms with Crippen LogP contribution < -0.4 is 20.7 Å². The van der Waals surface area contributed by atoms with E-state index in [1.165, 1.54) is 0 Å². The maximum Gasteiger partial charge on any atom is 0.243 e. The Morgan fingerprint density at radius 3 is 2.69 bits per heavy atom. The minimum Gasteiger partial charge on any atom is -0.493 e. The first-order valence-electron chi connectivity index (χ1n) is 10.1. The van der Waals surface area contributed by atoms with Crippen LogP contribution in [0.3, 0.4) is 0 Å². The molecule has 0 aliphatic rings. The number of terminal acetylenes is 1. The van der Waals surface area contributed by atoms with Crippen molar-refractivity contribution in [3.05, 3.63) is 59.2 Å². The van der Waals surface area contributed by atoms with Crippen molar-refractivity contribution < 1.29 is 14.3 Å². The molecule has 0 heterocycles. The van der Waals surface area contributed by atoms with Gasteiger partial charge < -0.3 is 25.4 Å². The summed E-state index contributed by atoms with van der Waals surface area (Å²) in [5.41, 5.74) is 3.49. The molecule has 0 saturated carbocycles. The van der Waals surface area contributed by atoms with Gasteiger partial charge in [-0.25, -0.2) is 0 Å². The molecule has 32 heavy (non-hydrogen) atoms. The number of nitrogens with zero attached hydrogens (tertiary/aromatic N) is 1. The number of carbonyl (C=O) groups is 1. The van der Waals surface area contributed by atoms with Crippen molar-refractivity contribution in [2.24, 2.45) is 4.99 Å². The third-order valence-corrected chi connectivity index (χ3v) is 4.37. The largest absolute Gasteiger partial charge is 0.493 e. The standard InChI is InChI=1S/C24H30N4O3.HI/c1-5-19-8-6-9-21(15-19)28-23(29)17-27-24(25-3)26-16-20-11-10-18(2)14-22(20)31-13-7-12-30-4;/h1,6,8-11,14-15H,7,12-13,16-17H2,2-4H3,(H,28,29)(H2,25,26,27);1H. The monoisotopic (exact) mass is 550 g/mol. The van der Waals surface area contributed by atoms with E-state index < -0.39 is 0 Å². The van der Waals surface area contributed by atoms with Crippen LogP contribution in [0.4, 0.5) is 5.69 Å². The molecule has 0 unspecified atom stereocenters. The first kappa shape index (κ1) is 27.3. The molecule has 0 bridgehead atoms. The lowest BCUT2D eigenvalue weighted by Gasteiger charge is -2.15. The van der Waals surface area contributed by atoms with Gasteiger partial charge in [-0.1, -0.05) is 24.1 Å². The van der Waals surface area contributed by atoms with E-state index >= 15 is 0 Å². The summed E-state index contributed by atoms with van der Waals surface area (Å²) in [7, 11) is 3.33. The number of anilines is 1. The second-order valence-corrected chi connectivity index (χ2v) is 6.86. The summed E-state index contributed by atoms with van der Waals surface area (Å²) in [4.78, 5) is 16.4. The van der Waals surface area contributed by atoms with Crippen LogP contribution in [0, 0.1) is 19.3 Å². The van der Waals surface area contributed by atoms with E-state index in [2.05, 4.69) is 26.9 Å². The molecule has 0 radical (unpaired) electrons. The number of nitrogens with one attached hydrogen (secondary N) is 3. The van der Waals surface area contributed by atoms with Gasteiger partial charge in [0.15, 0.2) is 5.96 Å². The van der Waals surface area contributed by atoms with Gasteiger partial charge in [-0.15, -0.1) is 30.4 Å². The molecule has 2 aromatic carbocycles. The molecule has 0 saturated heterocycles. The van der Waals surface area contributed by atoms with Gasteiger partial charge in [0.25, 0.3) is 0 Å². The van der Waals surface area contributed by atoms with Crippen LogP contribution in [0.25, 0.3) is 0 Å². The van der Waals surface area contributed by atoms with Crippen molar-refractivity contribution >= 4 is 41.5 Å². The number of hydrogen-bond donors (Lipinski definition) is 3. The van der Waals surface area contributed by atoms with Crippen molar-refractivity contribution in [1.82, 2.24) is 10.6 Å². The van der Waals surface area contributed by atoms with Gasteiger partial charge >= 0.3 is 0 Å². The summed E-state index contributed by atoms with van der Waals surface area (Å²) in [6, 6.07) is 13.2. The number of guanidine groups is 1. The first-order chi connectivity index (χ1) is 15.0. The second kappa shape index (κ2) is 15.1. The fraction of sp³-hybridized carbons (Fsp3) is 0.333. The number of methoxy groups -OCH3 is 1. The highest BCUT2D eigenvalue weighted by Gasteiger charge is 2.08.